The first-order valence-corrected chi connectivity index (χ1v) is 7.59. The summed E-state index contributed by atoms with van der Waals surface area (Å²) in [5.41, 5.74) is 0. The molecule has 0 aliphatic carbocycles. The van der Waals surface area contributed by atoms with E-state index < -0.39 is 16.1 Å². The summed E-state index contributed by atoms with van der Waals surface area (Å²) in [4.78, 5) is -0.0208. The van der Waals surface area contributed by atoms with Crippen molar-refractivity contribution in [3.63, 3.8) is 0 Å². The molecular weight excluding hydrogens is 353 g/mol. The zero-order valence-electron chi connectivity index (χ0n) is 8.75. The van der Waals surface area contributed by atoms with Gasteiger partial charge in [-0.15, -0.1) is 0 Å². The van der Waals surface area contributed by atoms with E-state index in [-0.39, 0.29) is 21.5 Å². The molecule has 1 aromatic carbocycles. The van der Waals surface area contributed by atoms with Crippen LogP contribution < -0.4 is 4.72 Å². The number of hydrogen-bond acceptors (Lipinski definition) is 3. The number of hydrogen-bond donors (Lipinski definition) is 2. The van der Waals surface area contributed by atoms with Crippen molar-refractivity contribution in [3.05, 3.63) is 26.7 Å². The van der Waals surface area contributed by atoms with Gasteiger partial charge in [-0.05, 0) is 35.0 Å². The van der Waals surface area contributed by atoms with Crippen LogP contribution in [0.4, 0.5) is 0 Å². The van der Waals surface area contributed by atoms with Gasteiger partial charge in [-0.2, -0.15) is 0 Å². The second-order valence-corrected chi connectivity index (χ2v) is 6.80. The van der Waals surface area contributed by atoms with Crippen molar-refractivity contribution in [2.75, 3.05) is 6.54 Å². The Morgan fingerprint density at radius 3 is 2.47 bits per heavy atom. The average Bonchev–Trinajstić information content (AvgIpc) is 2.20. The third-order valence-electron chi connectivity index (χ3n) is 1.83. The SMILES string of the molecule is C[C@@H](O)CNS(=O)(=O)c1cc(Cl)c(Cl)cc1Br. The molecule has 0 fully saturated rings. The Kier molecular flexibility index (Phi) is 5.24. The summed E-state index contributed by atoms with van der Waals surface area (Å²) >= 11 is 14.6. The van der Waals surface area contributed by atoms with Crippen molar-refractivity contribution in [2.24, 2.45) is 0 Å². The van der Waals surface area contributed by atoms with E-state index in [4.69, 9.17) is 28.3 Å². The van der Waals surface area contributed by atoms with Gasteiger partial charge in [-0.1, -0.05) is 23.2 Å². The molecule has 17 heavy (non-hydrogen) atoms. The summed E-state index contributed by atoms with van der Waals surface area (Å²) in [6, 6.07) is 2.65. The summed E-state index contributed by atoms with van der Waals surface area (Å²) < 4.78 is 26.3. The standard InChI is InChI=1S/C9H10BrCl2NO3S/c1-5(14)4-13-17(15,16)9-3-8(12)7(11)2-6(9)10/h2-3,5,13-14H,4H2,1H3/t5-/m1/s1. The van der Waals surface area contributed by atoms with Crippen molar-refractivity contribution in [1.29, 1.82) is 0 Å². The Morgan fingerprint density at radius 1 is 1.41 bits per heavy atom. The highest BCUT2D eigenvalue weighted by atomic mass is 79.9. The van der Waals surface area contributed by atoms with Crippen LogP contribution in [0, 0.1) is 0 Å². The van der Waals surface area contributed by atoms with Gasteiger partial charge in [0.2, 0.25) is 10.0 Å². The van der Waals surface area contributed by atoms with Crippen LogP contribution in [0.2, 0.25) is 10.0 Å². The lowest BCUT2D eigenvalue weighted by Crippen LogP contribution is -2.30. The molecule has 0 heterocycles. The van der Waals surface area contributed by atoms with Gasteiger partial charge in [0.1, 0.15) is 0 Å². The first-order valence-electron chi connectivity index (χ1n) is 4.56. The Balaban J connectivity index is 3.11. The minimum Gasteiger partial charge on any atom is -0.392 e. The molecule has 0 aromatic heterocycles. The predicted octanol–water partition coefficient (Wildman–Crippen LogP) is 2.42. The topological polar surface area (TPSA) is 66.4 Å². The molecule has 2 N–H and O–H groups in total. The third-order valence-corrected chi connectivity index (χ3v) is 4.94. The van der Waals surface area contributed by atoms with E-state index in [2.05, 4.69) is 20.7 Å². The minimum absolute atomic E-state index is 0.0208. The fourth-order valence-corrected chi connectivity index (χ4v) is 3.73. The normalized spacial score (nSPS) is 13.7. The molecular formula is C9H10BrCl2NO3S. The summed E-state index contributed by atoms with van der Waals surface area (Å²) in [5, 5.41) is 9.45. The van der Waals surface area contributed by atoms with Crippen molar-refractivity contribution < 1.29 is 13.5 Å². The van der Waals surface area contributed by atoms with Crippen LogP contribution >= 0.6 is 39.1 Å². The Hall–Kier alpha value is 0.150. The third kappa shape index (κ3) is 4.08. The first kappa shape index (κ1) is 15.2. The summed E-state index contributed by atoms with van der Waals surface area (Å²) in [5.74, 6) is 0. The molecule has 0 aliphatic rings. The van der Waals surface area contributed by atoms with Crippen LogP contribution in [0.5, 0.6) is 0 Å². The summed E-state index contributed by atoms with van der Waals surface area (Å²) in [6.07, 6.45) is -0.772. The molecule has 0 radical (unpaired) electrons. The van der Waals surface area contributed by atoms with Gasteiger partial charge in [0, 0.05) is 11.0 Å². The monoisotopic (exact) mass is 361 g/mol. The highest BCUT2D eigenvalue weighted by Gasteiger charge is 2.19. The Morgan fingerprint density at radius 2 is 1.94 bits per heavy atom. The van der Waals surface area contributed by atoms with Crippen molar-refractivity contribution >= 4 is 49.2 Å². The molecule has 0 aliphatic heterocycles. The fourth-order valence-electron chi connectivity index (χ4n) is 1.02. The van der Waals surface area contributed by atoms with E-state index in [1.807, 2.05) is 0 Å². The highest BCUT2D eigenvalue weighted by molar-refractivity contribution is 9.10. The summed E-state index contributed by atoms with van der Waals surface area (Å²) in [7, 11) is -3.73. The number of sulfonamides is 1. The molecule has 0 amide bonds. The number of benzene rings is 1. The Bertz CT molecular complexity index is 519. The van der Waals surface area contributed by atoms with Gasteiger partial charge >= 0.3 is 0 Å². The van der Waals surface area contributed by atoms with Crippen LogP contribution in [0.3, 0.4) is 0 Å². The van der Waals surface area contributed by atoms with Gasteiger partial charge in [-0.25, -0.2) is 13.1 Å². The summed E-state index contributed by atoms with van der Waals surface area (Å²) in [6.45, 7) is 1.40. The van der Waals surface area contributed by atoms with Gasteiger partial charge < -0.3 is 5.11 Å². The number of halogens is 3. The van der Waals surface area contributed by atoms with E-state index >= 15 is 0 Å². The molecule has 0 saturated carbocycles. The maximum absolute atomic E-state index is 11.9. The van der Waals surface area contributed by atoms with E-state index in [0.29, 0.717) is 4.47 Å². The number of nitrogens with one attached hydrogen (secondary N) is 1. The molecule has 1 atom stereocenters. The van der Waals surface area contributed by atoms with Crippen LogP contribution in [0.15, 0.2) is 21.5 Å². The first-order chi connectivity index (χ1) is 7.74. The van der Waals surface area contributed by atoms with Crippen LogP contribution in [0.25, 0.3) is 0 Å². The number of aliphatic hydroxyl groups excluding tert-OH is 1. The van der Waals surface area contributed by atoms with E-state index in [1.54, 1.807) is 0 Å². The van der Waals surface area contributed by atoms with Gasteiger partial charge in [0.05, 0.1) is 21.0 Å². The Labute approximate surface area is 118 Å². The zero-order valence-corrected chi connectivity index (χ0v) is 12.7. The zero-order chi connectivity index (χ0) is 13.2. The molecule has 8 heteroatoms. The van der Waals surface area contributed by atoms with Crippen LogP contribution in [0.1, 0.15) is 6.92 Å². The molecule has 0 bridgehead atoms. The second-order valence-electron chi connectivity index (χ2n) is 3.40. The lowest BCUT2D eigenvalue weighted by atomic mass is 10.4. The molecule has 96 valence electrons. The van der Waals surface area contributed by atoms with Crippen LogP contribution in [-0.2, 0) is 10.0 Å². The van der Waals surface area contributed by atoms with E-state index in [1.165, 1.54) is 19.1 Å². The largest absolute Gasteiger partial charge is 0.392 e. The van der Waals surface area contributed by atoms with Gasteiger partial charge in [0.25, 0.3) is 0 Å². The molecule has 1 rings (SSSR count). The van der Waals surface area contributed by atoms with E-state index in [9.17, 15) is 8.42 Å². The number of aliphatic hydroxyl groups is 1. The number of rotatable bonds is 4. The second kappa shape index (κ2) is 5.86. The van der Waals surface area contributed by atoms with Crippen LogP contribution in [-0.4, -0.2) is 26.2 Å². The average molecular weight is 363 g/mol. The van der Waals surface area contributed by atoms with Crippen molar-refractivity contribution in [1.82, 2.24) is 4.72 Å². The molecule has 0 spiro atoms. The minimum atomic E-state index is -3.73. The van der Waals surface area contributed by atoms with Crippen molar-refractivity contribution in [2.45, 2.75) is 17.9 Å². The molecule has 0 saturated heterocycles. The fraction of sp³-hybridized carbons (Fsp3) is 0.333. The van der Waals surface area contributed by atoms with Gasteiger partial charge in [0.15, 0.2) is 0 Å². The highest BCUT2D eigenvalue weighted by Crippen LogP contribution is 2.31. The molecule has 4 nitrogen and oxygen atoms in total. The molecule has 0 unspecified atom stereocenters. The molecule has 1 aromatic rings. The lowest BCUT2D eigenvalue weighted by Gasteiger charge is -2.10. The maximum Gasteiger partial charge on any atom is 0.241 e. The van der Waals surface area contributed by atoms with Gasteiger partial charge in [-0.3, -0.25) is 0 Å². The van der Waals surface area contributed by atoms with Crippen molar-refractivity contribution in [3.8, 4) is 0 Å². The lowest BCUT2D eigenvalue weighted by molar-refractivity contribution is 0.198. The van der Waals surface area contributed by atoms with E-state index in [0.717, 1.165) is 0 Å². The quantitative estimate of drug-likeness (QED) is 0.808. The predicted molar refractivity (Wildman–Crippen MR) is 71.0 cm³/mol. The maximum atomic E-state index is 11.9. The smallest absolute Gasteiger partial charge is 0.241 e.